The highest BCUT2D eigenvalue weighted by Gasteiger charge is 2.32. The molecule has 38 heavy (non-hydrogen) atoms. The van der Waals surface area contributed by atoms with E-state index in [1.807, 2.05) is 22.7 Å². The molecule has 0 aliphatic heterocycles. The van der Waals surface area contributed by atoms with Crippen LogP contribution >= 0.6 is 11.9 Å². The number of fused-ring (bicyclic) bond motifs is 1. The van der Waals surface area contributed by atoms with Gasteiger partial charge in [0.15, 0.2) is 4.90 Å². The molecule has 1 amide bonds. The lowest BCUT2D eigenvalue weighted by molar-refractivity contribution is 0.0964. The molecule has 1 fully saturated rings. The second kappa shape index (κ2) is 10.7. The van der Waals surface area contributed by atoms with E-state index in [0.717, 1.165) is 24.1 Å². The molecule has 1 atom stereocenters. The van der Waals surface area contributed by atoms with Crippen LogP contribution < -0.4 is 15.1 Å². The summed E-state index contributed by atoms with van der Waals surface area (Å²) in [5.74, 6) is -0.0112. The van der Waals surface area contributed by atoms with Crippen molar-refractivity contribution in [1.82, 2.24) is 5.32 Å². The number of hydrogen-bond acceptors (Lipinski definition) is 7. The van der Waals surface area contributed by atoms with E-state index in [1.54, 1.807) is 37.4 Å². The van der Waals surface area contributed by atoms with Crippen molar-refractivity contribution in [2.24, 2.45) is 0 Å². The van der Waals surface area contributed by atoms with Crippen LogP contribution in [0.3, 0.4) is 0 Å². The third kappa shape index (κ3) is 4.92. The molecular weight excluding hydrogens is 526 g/mol. The third-order valence-electron chi connectivity index (χ3n) is 6.64. The zero-order valence-electron chi connectivity index (χ0n) is 21.0. The Kier molecular flexibility index (Phi) is 7.48. The van der Waals surface area contributed by atoms with E-state index in [-0.39, 0.29) is 17.2 Å². The van der Waals surface area contributed by atoms with Gasteiger partial charge in [-0.15, -0.1) is 0 Å². The normalized spacial score (nSPS) is 14.0. The van der Waals surface area contributed by atoms with Gasteiger partial charge in [0.2, 0.25) is 0 Å². The summed E-state index contributed by atoms with van der Waals surface area (Å²) in [6.07, 6.45) is 5.44. The van der Waals surface area contributed by atoms with Crippen molar-refractivity contribution in [1.29, 1.82) is 0 Å². The maximum atomic E-state index is 13.6. The van der Waals surface area contributed by atoms with Gasteiger partial charge in [-0.05, 0) is 83.8 Å². The summed E-state index contributed by atoms with van der Waals surface area (Å²) in [5.41, 5.74) is 4.30. The van der Waals surface area contributed by atoms with Gasteiger partial charge < -0.3 is 24.3 Å². The topological polar surface area (TPSA) is 109 Å². The quantitative estimate of drug-likeness (QED) is 0.170. The maximum absolute atomic E-state index is 13.6. The lowest BCUT2D eigenvalue weighted by Crippen LogP contribution is -2.34. The fourth-order valence-electron chi connectivity index (χ4n) is 4.66. The fourth-order valence-corrected chi connectivity index (χ4v) is 6.13. The third-order valence-corrected chi connectivity index (χ3v) is 8.38. The molecule has 3 aromatic carbocycles. The average Bonchev–Trinajstić information content (AvgIpc) is 3.69. The Morgan fingerprint density at radius 2 is 1.89 bits per heavy atom. The van der Waals surface area contributed by atoms with E-state index in [4.69, 9.17) is 4.42 Å². The van der Waals surface area contributed by atoms with Crippen molar-refractivity contribution in [2.75, 3.05) is 23.9 Å². The van der Waals surface area contributed by atoms with E-state index >= 15 is 0 Å². The first-order valence-electron chi connectivity index (χ1n) is 12.0. The highest BCUT2D eigenvalue weighted by molar-refractivity contribution is 8.00. The molecule has 1 aromatic heterocycles. The van der Waals surface area contributed by atoms with Gasteiger partial charge in [-0.25, -0.2) is 4.39 Å². The summed E-state index contributed by atoms with van der Waals surface area (Å²) in [4.78, 5) is 13.3. The highest BCUT2D eigenvalue weighted by Crippen LogP contribution is 2.50. The van der Waals surface area contributed by atoms with Crippen LogP contribution in [0, 0.1) is 5.82 Å². The molecule has 1 saturated carbocycles. The van der Waals surface area contributed by atoms with E-state index in [9.17, 15) is 23.8 Å². The van der Waals surface area contributed by atoms with Gasteiger partial charge in [-0.3, -0.25) is 9.10 Å². The Morgan fingerprint density at radius 1 is 1.18 bits per heavy atom. The summed E-state index contributed by atoms with van der Waals surface area (Å²) in [7, 11) is -0.177. The number of rotatable bonds is 8. The minimum absolute atomic E-state index is 0.193. The van der Waals surface area contributed by atoms with Crippen molar-refractivity contribution in [3.63, 3.8) is 0 Å². The number of anilines is 2. The number of nitrogens with one attached hydrogen (secondary N) is 1. The van der Waals surface area contributed by atoms with E-state index < -0.39 is 18.3 Å². The molecule has 0 saturated heterocycles. The van der Waals surface area contributed by atoms with E-state index in [2.05, 4.69) is 5.32 Å². The van der Waals surface area contributed by atoms with Gasteiger partial charge in [0, 0.05) is 41.8 Å². The minimum atomic E-state index is -1.74. The number of amides is 1. The van der Waals surface area contributed by atoms with Crippen LogP contribution in [-0.4, -0.2) is 47.2 Å². The summed E-state index contributed by atoms with van der Waals surface area (Å²) in [5, 5.41) is 22.8. The van der Waals surface area contributed by atoms with Gasteiger partial charge in [0.05, 0.1) is 16.9 Å². The standard InChI is InChI=1S/C27H26BFN2O5S2/c1-30-27(32)25-20-13-19(15-4-5-15)22(14-23(20)36-26(25)16-6-8-17(29)9-7-16)31(37-2)18-10-11-21(28(33)34)24(12-18)38(3)35/h6-15,33-34H,4-5H2,1-3H3,(H,30,32). The number of benzene rings is 3. The summed E-state index contributed by atoms with van der Waals surface area (Å²) in [6, 6.07) is 14.7. The number of hydrogen-bond donors (Lipinski definition) is 3. The molecule has 5 rings (SSSR count). The molecule has 11 heteroatoms. The molecule has 1 heterocycles. The van der Waals surface area contributed by atoms with Crippen molar-refractivity contribution < 1.29 is 28.2 Å². The number of halogens is 1. The first-order chi connectivity index (χ1) is 18.2. The minimum Gasteiger partial charge on any atom is -0.612 e. The van der Waals surface area contributed by atoms with Gasteiger partial charge in [0.25, 0.3) is 5.91 Å². The molecule has 0 radical (unpaired) electrons. The second-order valence-corrected chi connectivity index (χ2v) is 11.2. The van der Waals surface area contributed by atoms with Crippen molar-refractivity contribution in [3.05, 3.63) is 71.5 Å². The molecule has 1 unspecified atom stereocenters. The Bertz CT molecular complexity index is 1510. The molecule has 3 N–H and O–H groups in total. The lowest BCUT2D eigenvalue weighted by Gasteiger charge is -2.25. The van der Waals surface area contributed by atoms with Crippen LogP contribution in [-0.2, 0) is 11.2 Å². The zero-order valence-corrected chi connectivity index (χ0v) is 22.7. The highest BCUT2D eigenvalue weighted by atomic mass is 32.2. The summed E-state index contributed by atoms with van der Waals surface area (Å²) in [6.45, 7) is 0. The van der Waals surface area contributed by atoms with E-state index in [0.29, 0.717) is 44.4 Å². The van der Waals surface area contributed by atoms with Crippen LogP contribution in [0.4, 0.5) is 15.8 Å². The predicted molar refractivity (Wildman–Crippen MR) is 151 cm³/mol. The second-order valence-electron chi connectivity index (χ2n) is 9.10. The Balaban J connectivity index is 1.71. The molecule has 0 bridgehead atoms. The number of nitrogens with zero attached hydrogens (tertiary/aromatic N) is 1. The fraction of sp³-hybridized carbons (Fsp3) is 0.222. The largest absolute Gasteiger partial charge is 0.612 e. The van der Waals surface area contributed by atoms with Gasteiger partial charge in [-0.1, -0.05) is 6.07 Å². The van der Waals surface area contributed by atoms with Crippen LogP contribution in [0.5, 0.6) is 0 Å². The molecule has 7 nitrogen and oxygen atoms in total. The lowest BCUT2D eigenvalue weighted by atomic mass is 9.80. The summed E-state index contributed by atoms with van der Waals surface area (Å²) >= 11 is 0.000218. The van der Waals surface area contributed by atoms with Gasteiger partial charge in [-0.2, -0.15) is 0 Å². The van der Waals surface area contributed by atoms with Crippen molar-refractivity contribution in [3.8, 4) is 11.3 Å². The van der Waals surface area contributed by atoms with Crippen LogP contribution in [0.1, 0.15) is 34.7 Å². The number of carbonyl (C=O) groups excluding carboxylic acids is 1. The predicted octanol–water partition coefficient (Wildman–Crippen LogP) is 4.31. The first-order valence-corrected chi connectivity index (χ1v) is 14.7. The maximum Gasteiger partial charge on any atom is 0.493 e. The Hall–Kier alpha value is -2.96. The van der Waals surface area contributed by atoms with Crippen molar-refractivity contribution >= 4 is 64.0 Å². The van der Waals surface area contributed by atoms with Crippen LogP contribution in [0.25, 0.3) is 22.3 Å². The van der Waals surface area contributed by atoms with Crippen molar-refractivity contribution in [2.45, 2.75) is 23.7 Å². The molecule has 0 spiro atoms. The first kappa shape index (κ1) is 26.6. The SMILES string of the molecule is CNC(=O)c1c(-c2ccc(F)cc2)oc2cc(N(SC)c3ccc(B(O)O)c([S+](C)[O-])c3)c(C3CC3)cc12. The zero-order chi connectivity index (χ0) is 27.1. The number of carbonyl (C=O) groups is 1. The van der Waals surface area contributed by atoms with Crippen LogP contribution in [0.15, 0.2) is 63.9 Å². The van der Waals surface area contributed by atoms with Crippen LogP contribution in [0.2, 0.25) is 0 Å². The van der Waals surface area contributed by atoms with E-state index in [1.165, 1.54) is 30.3 Å². The average molecular weight is 552 g/mol. The molecule has 1 aliphatic rings. The smallest absolute Gasteiger partial charge is 0.493 e. The van der Waals surface area contributed by atoms with Gasteiger partial charge in [0.1, 0.15) is 23.4 Å². The monoisotopic (exact) mass is 552 g/mol. The molecule has 196 valence electrons. The molecule has 1 aliphatic carbocycles. The Labute approximate surface area is 227 Å². The Morgan fingerprint density at radius 3 is 2.47 bits per heavy atom. The van der Waals surface area contributed by atoms with Gasteiger partial charge >= 0.3 is 7.12 Å². The number of furan rings is 1. The summed E-state index contributed by atoms with van der Waals surface area (Å²) < 4.78 is 34.2. The molecule has 4 aromatic rings. The molecular formula is C27H26BFN2O5S2.